The van der Waals surface area contributed by atoms with Crippen LogP contribution < -0.4 is 4.90 Å². The Hall–Kier alpha value is -5.53. The van der Waals surface area contributed by atoms with E-state index in [9.17, 15) is 5.26 Å². The van der Waals surface area contributed by atoms with Gasteiger partial charge in [-0.25, -0.2) is 0 Å². The summed E-state index contributed by atoms with van der Waals surface area (Å²) < 4.78 is 12.8. The molecule has 0 saturated heterocycles. The summed E-state index contributed by atoms with van der Waals surface area (Å²) in [6, 6.07) is 43.1. The highest BCUT2D eigenvalue weighted by molar-refractivity contribution is 6.19. The quantitative estimate of drug-likeness (QED) is 0.242. The predicted octanol–water partition coefficient (Wildman–Crippen LogP) is 9.98. The Balaban J connectivity index is 1.40. The number of hydrogen-bond donors (Lipinski definition) is 0. The van der Waals surface area contributed by atoms with Gasteiger partial charge < -0.3 is 13.7 Å². The largest absolute Gasteiger partial charge is 0.456 e. The zero-order chi connectivity index (χ0) is 25.9. The third-order valence-electron chi connectivity index (χ3n) is 7.48. The van der Waals surface area contributed by atoms with E-state index in [0.29, 0.717) is 5.56 Å². The van der Waals surface area contributed by atoms with Crippen molar-refractivity contribution in [3.05, 3.63) is 127 Å². The minimum atomic E-state index is 0.611. The van der Waals surface area contributed by atoms with Gasteiger partial charge in [-0.05, 0) is 65.4 Å². The summed E-state index contributed by atoms with van der Waals surface area (Å²) in [5.74, 6) is 0. The van der Waals surface area contributed by atoms with E-state index in [0.717, 1.165) is 60.9 Å². The molecule has 4 heteroatoms. The molecule has 0 aliphatic carbocycles. The fraction of sp³-hybridized carbons (Fsp3) is 0. The highest BCUT2D eigenvalue weighted by atomic mass is 16.3. The van der Waals surface area contributed by atoms with Gasteiger partial charge in [0.1, 0.15) is 16.7 Å². The molecule has 8 aromatic rings. The molecular formula is C35H20N2O2. The highest BCUT2D eigenvalue weighted by Gasteiger charge is 2.20. The van der Waals surface area contributed by atoms with Crippen LogP contribution in [0.15, 0.2) is 130 Å². The van der Waals surface area contributed by atoms with Gasteiger partial charge in [-0.1, -0.05) is 60.7 Å². The molecule has 0 spiro atoms. The summed E-state index contributed by atoms with van der Waals surface area (Å²) in [6.07, 6.45) is 0. The van der Waals surface area contributed by atoms with Crippen LogP contribution in [0.2, 0.25) is 0 Å². The molecule has 39 heavy (non-hydrogen) atoms. The first kappa shape index (κ1) is 21.5. The van der Waals surface area contributed by atoms with Crippen LogP contribution >= 0.6 is 0 Å². The predicted molar refractivity (Wildman–Crippen MR) is 158 cm³/mol. The Labute approximate surface area is 223 Å². The normalized spacial score (nSPS) is 11.6. The van der Waals surface area contributed by atoms with Gasteiger partial charge in [0.05, 0.1) is 23.0 Å². The molecule has 182 valence electrons. The molecule has 2 heterocycles. The van der Waals surface area contributed by atoms with Crippen LogP contribution in [0.1, 0.15) is 5.56 Å². The van der Waals surface area contributed by atoms with Crippen molar-refractivity contribution in [1.29, 1.82) is 5.26 Å². The SMILES string of the molecule is N#Cc1ccc(N(c2ccc3c(c2)oc2ccc4ccccc4c23)c2cccc3c2oc2ccccc23)cc1. The van der Waals surface area contributed by atoms with Gasteiger partial charge >= 0.3 is 0 Å². The number of nitrogens with zero attached hydrogens (tertiary/aromatic N) is 2. The van der Waals surface area contributed by atoms with Crippen LogP contribution in [0.5, 0.6) is 0 Å². The molecule has 0 fully saturated rings. The van der Waals surface area contributed by atoms with Crippen molar-refractivity contribution < 1.29 is 8.83 Å². The lowest BCUT2D eigenvalue weighted by Gasteiger charge is -2.25. The third kappa shape index (κ3) is 3.24. The number of anilines is 3. The summed E-state index contributed by atoms with van der Waals surface area (Å²) in [4.78, 5) is 2.16. The standard InChI is InChI=1S/C35H20N2O2/c36-21-22-12-15-24(16-13-22)37(30-10-5-9-28-27-8-3-4-11-31(27)39-35(28)30)25-17-18-29-33(20-25)38-32-19-14-23-6-1-2-7-26(23)34(29)32/h1-20H. The number of fused-ring (bicyclic) bond motifs is 8. The fourth-order valence-electron chi connectivity index (χ4n) is 5.69. The Morgan fingerprint density at radius 3 is 2.18 bits per heavy atom. The summed E-state index contributed by atoms with van der Waals surface area (Å²) in [6.45, 7) is 0. The van der Waals surface area contributed by atoms with Crippen LogP contribution in [0.3, 0.4) is 0 Å². The minimum Gasteiger partial charge on any atom is -0.456 e. The molecule has 0 bridgehead atoms. The Morgan fingerprint density at radius 2 is 1.31 bits per heavy atom. The number of benzene rings is 6. The summed E-state index contributed by atoms with van der Waals surface area (Å²) in [5.41, 5.74) is 6.71. The van der Waals surface area contributed by atoms with E-state index in [2.05, 4.69) is 83.8 Å². The summed E-state index contributed by atoms with van der Waals surface area (Å²) in [7, 11) is 0. The van der Waals surface area contributed by atoms with E-state index in [-0.39, 0.29) is 0 Å². The van der Waals surface area contributed by atoms with Gasteiger partial charge in [-0.15, -0.1) is 0 Å². The third-order valence-corrected chi connectivity index (χ3v) is 7.48. The lowest BCUT2D eigenvalue weighted by molar-refractivity contribution is 0.667. The molecule has 8 rings (SSSR count). The Bertz CT molecular complexity index is 2250. The topological polar surface area (TPSA) is 53.3 Å². The van der Waals surface area contributed by atoms with Crippen molar-refractivity contribution in [1.82, 2.24) is 0 Å². The van der Waals surface area contributed by atoms with E-state index in [4.69, 9.17) is 8.83 Å². The highest BCUT2D eigenvalue weighted by Crippen LogP contribution is 2.44. The van der Waals surface area contributed by atoms with E-state index >= 15 is 0 Å². The molecule has 0 radical (unpaired) electrons. The molecular weight excluding hydrogens is 480 g/mol. The lowest BCUT2D eigenvalue weighted by Crippen LogP contribution is -2.10. The Morgan fingerprint density at radius 1 is 0.538 bits per heavy atom. The van der Waals surface area contributed by atoms with Crippen LogP contribution in [-0.4, -0.2) is 0 Å². The van der Waals surface area contributed by atoms with Gasteiger partial charge in [0.2, 0.25) is 0 Å². The number of nitriles is 1. The lowest BCUT2D eigenvalue weighted by atomic mass is 10.0. The van der Waals surface area contributed by atoms with E-state index in [1.54, 1.807) is 0 Å². The average Bonchev–Trinajstić information content (AvgIpc) is 3.56. The van der Waals surface area contributed by atoms with Crippen LogP contribution in [0.4, 0.5) is 17.1 Å². The van der Waals surface area contributed by atoms with Crippen molar-refractivity contribution in [2.45, 2.75) is 0 Å². The number of furan rings is 2. The van der Waals surface area contributed by atoms with Crippen molar-refractivity contribution in [2.75, 3.05) is 4.90 Å². The second-order valence-corrected chi connectivity index (χ2v) is 9.69. The van der Waals surface area contributed by atoms with Crippen LogP contribution in [0, 0.1) is 11.3 Å². The molecule has 0 aliphatic rings. The van der Waals surface area contributed by atoms with Crippen molar-refractivity contribution in [3.8, 4) is 6.07 Å². The average molecular weight is 501 g/mol. The second kappa shape index (κ2) is 8.24. The zero-order valence-electron chi connectivity index (χ0n) is 20.8. The molecule has 2 aromatic heterocycles. The first-order valence-corrected chi connectivity index (χ1v) is 12.8. The van der Waals surface area contributed by atoms with Gasteiger partial charge in [0, 0.05) is 33.3 Å². The molecule has 0 atom stereocenters. The second-order valence-electron chi connectivity index (χ2n) is 9.69. The van der Waals surface area contributed by atoms with Crippen molar-refractivity contribution in [2.24, 2.45) is 0 Å². The summed E-state index contributed by atoms with van der Waals surface area (Å²) >= 11 is 0. The van der Waals surface area contributed by atoms with E-state index in [1.165, 1.54) is 10.8 Å². The van der Waals surface area contributed by atoms with Gasteiger partial charge in [0.25, 0.3) is 0 Å². The number of rotatable bonds is 3. The summed E-state index contributed by atoms with van der Waals surface area (Å²) in [5, 5.41) is 16.1. The number of hydrogen-bond acceptors (Lipinski definition) is 4. The van der Waals surface area contributed by atoms with E-state index in [1.807, 2.05) is 48.5 Å². The maximum atomic E-state index is 9.39. The van der Waals surface area contributed by atoms with Gasteiger partial charge in [-0.2, -0.15) is 5.26 Å². The van der Waals surface area contributed by atoms with Gasteiger partial charge in [-0.3, -0.25) is 0 Å². The molecule has 0 unspecified atom stereocenters. The Kier molecular flexibility index (Phi) is 4.55. The molecule has 6 aromatic carbocycles. The minimum absolute atomic E-state index is 0.611. The smallest absolute Gasteiger partial charge is 0.159 e. The monoisotopic (exact) mass is 500 g/mol. The van der Waals surface area contributed by atoms with Gasteiger partial charge in [0.15, 0.2) is 5.58 Å². The molecule has 4 nitrogen and oxygen atoms in total. The van der Waals surface area contributed by atoms with Crippen LogP contribution in [-0.2, 0) is 0 Å². The number of para-hydroxylation sites is 2. The molecule has 0 N–H and O–H groups in total. The van der Waals surface area contributed by atoms with Crippen molar-refractivity contribution in [3.63, 3.8) is 0 Å². The van der Waals surface area contributed by atoms with E-state index < -0.39 is 0 Å². The molecule has 0 saturated carbocycles. The fourth-order valence-corrected chi connectivity index (χ4v) is 5.69. The molecule has 0 amide bonds. The zero-order valence-corrected chi connectivity index (χ0v) is 20.8. The molecule has 0 aliphatic heterocycles. The maximum absolute atomic E-state index is 9.39. The first-order chi connectivity index (χ1) is 19.3. The first-order valence-electron chi connectivity index (χ1n) is 12.8. The van der Waals surface area contributed by atoms with Crippen molar-refractivity contribution >= 4 is 71.7 Å². The van der Waals surface area contributed by atoms with Crippen LogP contribution in [0.25, 0.3) is 54.6 Å². The maximum Gasteiger partial charge on any atom is 0.159 e.